The molecule has 1 aliphatic rings. The number of amides is 1. The largest absolute Gasteiger partial charge is 0.433 e. The molecular formula is C20H18F3N5O2. The molecule has 1 amide bonds. The van der Waals surface area contributed by atoms with Crippen molar-refractivity contribution in [3.8, 4) is 11.4 Å². The summed E-state index contributed by atoms with van der Waals surface area (Å²) < 4.78 is 43.2. The maximum atomic E-state index is 12.6. The quantitative estimate of drug-likeness (QED) is 0.650. The highest BCUT2D eigenvalue weighted by molar-refractivity contribution is 5.94. The molecule has 0 unspecified atom stereocenters. The van der Waals surface area contributed by atoms with Gasteiger partial charge < -0.3 is 9.42 Å². The van der Waals surface area contributed by atoms with Gasteiger partial charge in [-0.2, -0.15) is 18.2 Å². The van der Waals surface area contributed by atoms with Crippen LogP contribution in [0.2, 0.25) is 0 Å². The zero-order valence-electron chi connectivity index (χ0n) is 15.8. The summed E-state index contributed by atoms with van der Waals surface area (Å²) in [4.78, 5) is 24.0. The van der Waals surface area contributed by atoms with Crippen LogP contribution in [0.1, 0.15) is 21.9 Å². The molecule has 1 fully saturated rings. The Morgan fingerprint density at radius 1 is 1.03 bits per heavy atom. The average Bonchev–Trinajstić information content (AvgIpc) is 3.22. The van der Waals surface area contributed by atoms with Crippen molar-refractivity contribution >= 4 is 5.91 Å². The van der Waals surface area contributed by atoms with Crippen LogP contribution in [0.25, 0.3) is 11.4 Å². The van der Waals surface area contributed by atoms with Crippen molar-refractivity contribution in [1.82, 2.24) is 24.9 Å². The first-order chi connectivity index (χ1) is 14.4. The summed E-state index contributed by atoms with van der Waals surface area (Å²) in [7, 11) is 0. The van der Waals surface area contributed by atoms with E-state index in [1.54, 1.807) is 4.90 Å². The molecule has 0 N–H and O–H groups in total. The summed E-state index contributed by atoms with van der Waals surface area (Å²) in [5.41, 5.74) is -0.00720. The van der Waals surface area contributed by atoms with Crippen LogP contribution >= 0.6 is 0 Å². The second-order valence-corrected chi connectivity index (χ2v) is 6.88. The number of halogens is 3. The van der Waals surface area contributed by atoms with Crippen LogP contribution in [0.4, 0.5) is 13.2 Å². The van der Waals surface area contributed by atoms with Gasteiger partial charge in [0.15, 0.2) is 0 Å². The Morgan fingerprint density at radius 3 is 2.40 bits per heavy atom. The fraction of sp³-hybridized carbons (Fsp3) is 0.300. The van der Waals surface area contributed by atoms with E-state index in [1.165, 1.54) is 0 Å². The van der Waals surface area contributed by atoms with Crippen LogP contribution in [0.15, 0.2) is 53.2 Å². The number of hydrogen-bond acceptors (Lipinski definition) is 6. The number of pyridine rings is 1. The number of alkyl halides is 3. The lowest BCUT2D eigenvalue weighted by molar-refractivity contribution is -0.141. The van der Waals surface area contributed by atoms with E-state index in [1.807, 2.05) is 30.3 Å². The second kappa shape index (κ2) is 8.23. The Balaban J connectivity index is 1.32. The maximum Gasteiger partial charge on any atom is 0.433 e. The standard InChI is InChI=1S/C20H18F3N5O2/c21-20(22,23)16-7-6-15(12-24-16)19(29)28-10-8-27(9-11-28)13-17-25-18(26-30-17)14-4-2-1-3-5-14/h1-7,12H,8-11,13H2. The van der Waals surface area contributed by atoms with Gasteiger partial charge in [0.05, 0.1) is 12.1 Å². The van der Waals surface area contributed by atoms with E-state index in [0.29, 0.717) is 44.4 Å². The molecule has 1 saturated heterocycles. The van der Waals surface area contributed by atoms with Crippen molar-refractivity contribution in [3.63, 3.8) is 0 Å². The van der Waals surface area contributed by atoms with Crippen molar-refractivity contribution in [2.75, 3.05) is 26.2 Å². The fourth-order valence-electron chi connectivity index (χ4n) is 3.19. The molecule has 0 atom stereocenters. The number of aromatic nitrogens is 3. The third kappa shape index (κ3) is 4.48. The van der Waals surface area contributed by atoms with Crippen LogP contribution in [-0.2, 0) is 12.7 Å². The monoisotopic (exact) mass is 417 g/mol. The first kappa shape index (κ1) is 20.0. The Morgan fingerprint density at radius 2 is 1.77 bits per heavy atom. The average molecular weight is 417 g/mol. The van der Waals surface area contributed by atoms with Crippen molar-refractivity contribution in [1.29, 1.82) is 0 Å². The highest BCUT2D eigenvalue weighted by Crippen LogP contribution is 2.27. The maximum absolute atomic E-state index is 12.6. The topological polar surface area (TPSA) is 75.4 Å². The van der Waals surface area contributed by atoms with E-state index in [0.717, 1.165) is 23.9 Å². The van der Waals surface area contributed by atoms with Crippen LogP contribution < -0.4 is 0 Å². The van der Waals surface area contributed by atoms with Crippen LogP contribution in [-0.4, -0.2) is 57.0 Å². The first-order valence-electron chi connectivity index (χ1n) is 9.33. The van der Waals surface area contributed by atoms with Gasteiger partial charge in [-0.25, -0.2) is 0 Å². The molecule has 0 aliphatic carbocycles. The number of hydrogen-bond donors (Lipinski definition) is 0. The summed E-state index contributed by atoms with van der Waals surface area (Å²) in [6, 6.07) is 11.5. The SMILES string of the molecule is O=C(c1ccc(C(F)(F)F)nc1)N1CCN(Cc2nc(-c3ccccc3)no2)CC1. The van der Waals surface area contributed by atoms with Gasteiger partial charge in [-0.3, -0.25) is 14.7 Å². The molecule has 30 heavy (non-hydrogen) atoms. The van der Waals surface area contributed by atoms with E-state index in [4.69, 9.17) is 4.52 Å². The highest BCUT2D eigenvalue weighted by atomic mass is 19.4. The van der Waals surface area contributed by atoms with Gasteiger partial charge in [0.1, 0.15) is 5.69 Å². The van der Waals surface area contributed by atoms with Crippen molar-refractivity contribution in [2.45, 2.75) is 12.7 Å². The normalized spacial score (nSPS) is 15.4. The lowest BCUT2D eigenvalue weighted by atomic mass is 10.2. The summed E-state index contributed by atoms with van der Waals surface area (Å²) >= 11 is 0. The molecule has 7 nitrogen and oxygen atoms in total. The Labute approximate surface area is 170 Å². The molecule has 3 aromatic rings. The molecule has 1 aromatic carbocycles. The summed E-state index contributed by atoms with van der Waals surface area (Å²) in [5.74, 6) is 0.676. The number of carbonyl (C=O) groups is 1. The van der Waals surface area contributed by atoms with Gasteiger partial charge in [0.2, 0.25) is 11.7 Å². The molecule has 0 saturated carbocycles. The Hall–Kier alpha value is -3.27. The van der Waals surface area contributed by atoms with E-state index in [9.17, 15) is 18.0 Å². The third-order valence-electron chi connectivity index (χ3n) is 4.82. The number of nitrogens with zero attached hydrogens (tertiary/aromatic N) is 5. The second-order valence-electron chi connectivity index (χ2n) is 6.88. The minimum atomic E-state index is -4.53. The summed E-state index contributed by atoms with van der Waals surface area (Å²) in [5, 5.41) is 3.99. The predicted octanol–water partition coefficient (Wildman–Crippen LogP) is 3.11. The van der Waals surface area contributed by atoms with E-state index in [2.05, 4.69) is 20.0 Å². The zero-order chi connectivity index (χ0) is 21.1. The molecule has 0 bridgehead atoms. The molecule has 1 aliphatic heterocycles. The fourth-order valence-corrected chi connectivity index (χ4v) is 3.19. The van der Waals surface area contributed by atoms with Gasteiger partial charge in [-0.15, -0.1) is 0 Å². The molecule has 3 heterocycles. The minimum absolute atomic E-state index is 0.140. The van der Waals surface area contributed by atoms with Crippen molar-refractivity contribution < 1.29 is 22.5 Å². The molecule has 156 valence electrons. The van der Waals surface area contributed by atoms with Crippen molar-refractivity contribution in [3.05, 3.63) is 65.8 Å². The molecule has 10 heteroatoms. The van der Waals surface area contributed by atoms with E-state index in [-0.39, 0.29) is 11.5 Å². The Kier molecular flexibility index (Phi) is 5.49. The number of piperazine rings is 1. The molecule has 0 radical (unpaired) electrons. The third-order valence-corrected chi connectivity index (χ3v) is 4.82. The van der Waals surface area contributed by atoms with Gasteiger partial charge in [-0.05, 0) is 12.1 Å². The lowest BCUT2D eigenvalue weighted by Crippen LogP contribution is -2.48. The van der Waals surface area contributed by atoms with Crippen LogP contribution in [0.3, 0.4) is 0 Å². The minimum Gasteiger partial charge on any atom is -0.338 e. The molecule has 2 aromatic heterocycles. The number of carbonyl (C=O) groups excluding carboxylic acids is 1. The lowest BCUT2D eigenvalue weighted by Gasteiger charge is -2.33. The van der Waals surface area contributed by atoms with Gasteiger partial charge in [-0.1, -0.05) is 35.5 Å². The molecule has 0 spiro atoms. The molecule has 4 rings (SSSR count). The van der Waals surface area contributed by atoms with Crippen LogP contribution in [0.5, 0.6) is 0 Å². The predicted molar refractivity (Wildman–Crippen MR) is 100 cm³/mol. The Bertz CT molecular complexity index is 997. The van der Waals surface area contributed by atoms with Crippen LogP contribution in [0, 0.1) is 0 Å². The summed E-state index contributed by atoms with van der Waals surface area (Å²) in [6.45, 7) is 2.52. The van der Waals surface area contributed by atoms with E-state index >= 15 is 0 Å². The van der Waals surface area contributed by atoms with Gasteiger partial charge in [0, 0.05) is 37.9 Å². The summed E-state index contributed by atoms with van der Waals surface area (Å²) in [6.07, 6.45) is -3.55. The first-order valence-corrected chi connectivity index (χ1v) is 9.33. The van der Waals surface area contributed by atoms with Gasteiger partial charge in [0.25, 0.3) is 5.91 Å². The highest BCUT2D eigenvalue weighted by Gasteiger charge is 2.32. The number of rotatable bonds is 4. The van der Waals surface area contributed by atoms with Gasteiger partial charge >= 0.3 is 6.18 Å². The van der Waals surface area contributed by atoms with Crippen molar-refractivity contribution in [2.24, 2.45) is 0 Å². The molecular weight excluding hydrogens is 399 g/mol. The smallest absolute Gasteiger partial charge is 0.338 e. The van der Waals surface area contributed by atoms with E-state index < -0.39 is 11.9 Å². The zero-order valence-corrected chi connectivity index (χ0v) is 15.8. The number of benzene rings is 1.